The van der Waals surface area contributed by atoms with Gasteiger partial charge in [-0.15, -0.1) is 0 Å². The smallest absolute Gasteiger partial charge is 0.246 e. The molecule has 0 saturated carbocycles. The molecule has 0 aromatic heterocycles. The molecule has 1 aliphatic heterocycles. The van der Waals surface area contributed by atoms with Crippen molar-refractivity contribution in [2.45, 2.75) is 12.5 Å². The van der Waals surface area contributed by atoms with E-state index < -0.39 is 6.04 Å². The lowest BCUT2D eigenvalue weighted by molar-refractivity contribution is -0.147. The van der Waals surface area contributed by atoms with Gasteiger partial charge in [0.15, 0.2) is 0 Å². The number of nitrogens with zero attached hydrogens (tertiary/aromatic N) is 1. The van der Waals surface area contributed by atoms with Crippen LogP contribution in [0, 0.1) is 0 Å². The zero-order valence-corrected chi connectivity index (χ0v) is 13.2. The number of hydrogen-bond donors (Lipinski definition) is 2. The molecular formula is C18H21N3O2. The van der Waals surface area contributed by atoms with Crippen molar-refractivity contribution in [2.75, 3.05) is 26.7 Å². The Hall–Kier alpha value is -2.24. The maximum absolute atomic E-state index is 12.6. The average Bonchev–Trinajstić information content (AvgIpc) is 2.59. The molecule has 2 aromatic rings. The van der Waals surface area contributed by atoms with Crippen molar-refractivity contribution >= 4 is 22.6 Å². The van der Waals surface area contributed by atoms with Crippen molar-refractivity contribution in [2.24, 2.45) is 0 Å². The minimum atomic E-state index is -0.391. The maximum Gasteiger partial charge on any atom is 0.246 e. The molecule has 0 aliphatic carbocycles. The molecule has 0 radical (unpaired) electrons. The summed E-state index contributed by atoms with van der Waals surface area (Å²) < 4.78 is 0. The van der Waals surface area contributed by atoms with E-state index in [1.165, 1.54) is 10.3 Å². The molecule has 1 fully saturated rings. The van der Waals surface area contributed by atoms with Gasteiger partial charge in [0.25, 0.3) is 0 Å². The molecule has 120 valence electrons. The van der Waals surface area contributed by atoms with Gasteiger partial charge in [-0.25, -0.2) is 0 Å². The zero-order valence-electron chi connectivity index (χ0n) is 13.2. The Bertz CT molecular complexity index is 729. The summed E-state index contributed by atoms with van der Waals surface area (Å²) in [5.41, 5.74) is 1.08. The Morgan fingerprint density at radius 3 is 2.78 bits per heavy atom. The van der Waals surface area contributed by atoms with Gasteiger partial charge in [0, 0.05) is 13.1 Å². The second-order valence-electron chi connectivity index (χ2n) is 5.79. The Balaban J connectivity index is 1.77. The number of imide groups is 1. The standard InChI is InChI=1S/C18H21N3O2/c1-19-16(18(23)21-9-8-20-12-17(21)22)11-13-6-7-14-4-2-3-5-15(14)10-13/h2-7,10,16,19-20H,8-9,11-12H2,1H3/t16-/m1/s1. The van der Waals surface area contributed by atoms with Crippen molar-refractivity contribution in [3.05, 3.63) is 48.0 Å². The molecule has 1 heterocycles. The second kappa shape index (κ2) is 6.89. The number of nitrogens with one attached hydrogen (secondary N) is 2. The molecule has 1 atom stereocenters. The van der Waals surface area contributed by atoms with Gasteiger partial charge in [-0.1, -0.05) is 42.5 Å². The van der Waals surface area contributed by atoms with Crippen molar-refractivity contribution in [1.29, 1.82) is 0 Å². The van der Waals surface area contributed by atoms with Gasteiger partial charge in [-0.3, -0.25) is 14.5 Å². The van der Waals surface area contributed by atoms with Gasteiger partial charge in [-0.2, -0.15) is 0 Å². The van der Waals surface area contributed by atoms with Gasteiger partial charge >= 0.3 is 0 Å². The van der Waals surface area contributed by atoms with Gasteiger partial charge in [0.1, 0.15) is 0 Å². The van der Waals surface area contributed by atoms with Gasteiger partial charge in [0.05, 0.1) is 12.6 Å². The first-order chi connectivity index (χ1) is 11.2. The molecule has 1 saturated heterocycles. The Morgan fingerprint density at radius 1 is 1.26 bits per heavy atom. The van der Waals surface area contributed by atoms with Crippen molar-refractivity contribution in [3.63, 3.8) is 0 Å². The lowest BCUT2D eigenvalue weighted by Gasteiger charge is -2.29. The van der Waals surface area contributed by atoms with Gasteiger partial charge in [-0.05, 0) is 29.8 Å². The van der Waals surface area contributed by atoms with Crippen LogP contribution < -0.4 is 10.6 Å². The molecule has 2 aromatic carbocycles. The Morgan fingerprint density at radius 2 is 2.04 bits per heavy atom. The normalized spacial score (nSPS) is 16.6. The number of carbonyl (C=O) groups is 2. The Labute approximate surface area is 135 Å². The summed E-state index contributed by atoms with van der Waals surface area (Å²) in [6.07, 6.45) is 0.567. The van der Waals surface area contributed by atoms with E-state index in [0.717, 1.165) is 10.9 Å². The first kappa shape index (κ1) is 15.6. The minimum Gasteiger partial charge on any atom is -0.309 e. The molecule has 3 rings (SSSR count). The van der Waals surface area contributed by atoms with E-state index in [4.69, 9.17) is 0 Å². The second-order valence-corrected chi connectivity index (χ2v) is 5.79. The predicted molar refractivity (Wildman–Crippen MR) is 90.1 cm³/mol. The van der Waals surface area contributed by atoms with Gasteiger partial charge in [0.2, 0.25) is 11.8 Å². The summed E-state index contributed by atoms with van der Waals surface area (Å²) in [6.45, 7) is 1.33. The highest BCUT2D eigenvalue weighted by atomic mass is 16.2. The third-order valence-electron chi connectivity index (χ3n) is 4.26. The van der Waals surface area contributed by atoms with Gasteiger partial charge < -0.3 is 10.6 Å². The summed E-state index contributed by atoms with van der Waals surface area (Å²) in [5, 5.41) is 8.37. The molecule has 23 heavy (non-hydrogen) atoms. The molecule has 0 spiro atoms. The number of hydrogen-bond acceptors (Lipinski definition) is 4. The third kappa shape index (κ3) is 3.41. The number of rotatable bonds is 4. The highest BCUT2D eigenvalue weighted by molar-refractivity contribution is 5.99. The molecular weight excluding hydrogens is 290 g/mol. The number of likely N-dealkylation sites (N-methyl/N-ethyl adjacent to an activating group) is 1. The van der Waals surface area contributed by atoms with E-state index in [2.05, 4.69) is 34.9 Å². The summed E-state index contributed by atoms with van der Waals surface area (Å²) in [7, 11) is 1.76. The lowest BCUT2D eigenvalue weighted by Crippen LogP contribution is -2.56. The fourth-order valence-electron chi connectivity index (χ4n) is 2.94. The summed E-state index contributed by atoms with van der Waals surface area (Å²) in [5.74, 6) is -0.299. The molecule has 2 amide bonds. The molecule has 1 aliphatic rings. The monoisotopic (exact) mass is 311 g/mol. The maximum atomic E-state index is 12.6. The molecule has 5 heteroatoms. The van der Waals surface area contributed by atoms with Crippen molar-refractivity contribution < 1.29 is 9.59 Å². The predicted octanol–water partition coefficient (Wildman–Crippen LogP) is 0.929. The van der Waals surface area contributed by atoms with Crippen LogP contribution in [0.1, 0.15) is 5.56 Å². The largest absolute Gasteiger partial charge is 0.309 e. The van der Waals surface area contributed by atoms with Crippen LogP contribution in [0.5, 0.6) is 0 Å². The van der Waals surface area contributed by atoms with E-state index in [1.54, 1.807) is 7.05 Å². The van der Waals surface area contributed by atoms with E-state index in [9.17, 15) is 9.59 Å². The summed E-state index contributed by atoms with van der Waals surface area (Å²) in [6, 6.07) is 14.0. The first-order valence-corrected chi connectivity index (χ1v) is 7.89. The van der Waals surface area contributed by atoms with Crippen LogP contribution in [-0.2, 0) is 16.0 Å². The summed E-state index contributed by atoms with van der Waals surface area (Å²) >= 11 is 0. The van der Waals surface area contributed by atoms with Crippen LogP contribution in [0.3, 0.4) is 0 Å². The van der Waals surface area contributed by atoms with Crippen LogP contribution in [0.2, 0.25) is 0 Å². The van der Waals surface area contributed by atoms with Crippen LogP contribution in [0.4, 0.5) is 0 Å². The van der Waals surface area contributed by atoms with E-state index in [1.807, 2.05) is 18.2 Å². The molecule has 0 unspecified atom stereocenters. The van der Waals surface area contributed by atoms with Crippen LogP contribution >= 0.6 is 0 Å². The van der Waals surface area contributed by atoms with Crippen molar-refractivity contribution in [1.82, 2.24) is 15.5 Å². The molecule has 0 bridgehead atoms. The fraction of sp³-hybridized carbons (Fsp3) is 0.333. The Kier molecular flexibility index (Phi) is 4.69. The van der Waals surface area contributed by atoms with Crippen LogP contribution in [-0.4, -0.2) is 49.4 Å². The quantitative estimate of drug-likeness (QED) is 0.882. The number of piperazine rings is 1. The first-order valence-electron chi connectivity index (χ1n) is 7.89. The number of benzene rings is 2. The van der Waals surface area contributed by atoms with Crippen LogP contribution in [0.25, 0.3) is 10.8 Å². The minimum absolute atomic E-state index is 0.146. The van der Waals surface area contributed by atoms with Crippen molar-refractivity contribution in [3.8, 4) is 0 Å². The van der Waals surface area contributed by atoms with E-state index >= 15 is 0 Å². The highest BCUT2D eigenvalue weighted by Gasteiger charge is 2.29. The number of fused-ring (bicyclic) bond motifs is 1. The summed E-state index contributed by atoms with van der Waals surface area (Å²) in [4.78, 5) is 25.9. The average molecular weight is 311 g/mol. The third-order valence-corrected chi connectivity index (χ3v) is 4.26. The fourth-order valence-corrected chi connectivity index (χ4v) is 2.94. The van der Waals surface area contributed by atoms with E-state index in [-0.39, 0.29) is 18.4 Å². The number of carbonyl (C=O) groups excluding carboxylic acids is 2. The van der Waals surface area contributed by atoms with Crippen LogP contribution in [0.15, 0.2) is 42.5 Å². The number of amides is 2. The molecule has 5 nitrogen and oxygen atoms in total. The highest BCUT2D eigenvalue weighted by Crippen LogP contribution is 2.17. The lowest BCUT2D eigenvalue weighted by atomic mass is 10.0. The molecule has 2 N–H and O–H groups in total. The zero-order chi connectivity index (χ0) is 16.2. The van der Waals surface area contributed by atoms with E-state index in [0.29, 0.717) is 19.5 Å². The SMILES string of the molecule is CN[C@H](Cc1ccc2ccccc2c1)C(=O)N1CCNCC1=O. The topological polar surface area (TPSA) is 61.4 Å².